The van der Waals surface area contributed by atoms with Gasteiger partial charge in [-0.25, -0.2) is 0 Å². The van der Waals surface area contributed by atoms with Gasteiger partial charge in [0.2, 0.25) is 5.91 Å². The predicted octanol–water partition coefficient (Wildman–Crippen LogP) is 6.41. The van der Waals surface area contributed by atoms with Crippen LogP contribution in [-0.4, -0.2) is 28.5 Å². The Morgan fingerprint density at radius 3 is 2.56 bits per heavy atom. The van der Waals surface area contributed by atoms with Crippen LogP contribution in [0.15, 0.2) is 80.0 Å². The van der Waals surface area contributed by atoms with E-state index < -0.39 is 23.6 Å². The van der Waals surface area contributed by atoms with Gasteiger partial charge in [-0.3, -0.25) is 19.3 Å². The van der Waals surface area contributed by atoms with Crippen molar-refractivity contribution >= 4 is 75.5 Å². The van der Waals surface area contributed by atoms with Gasteiger partial charge in [-0.1, -0.05) is 47.1 Å². The zero-order valence-electron chi connectivity index (χ0n) is 16.2. The molecule has 1 aromatic heterocycles. The van der Waals surface area contributed by atoms with Gasteiger partial charge in [0, 0.05) is 16.0 Å². The number of carbonyl (C=O) groups is 3. The van der Waals surface area contributed by atoms with E-state index in [1.807, 2.05) is 12.1 Å². The summed E-state index contributed by atoms with van der Waals surface area (Å²) in [5.41, 5.74) is 0.406. The van der Waals surface area contributed by atoms with Crippen LogP contribution in [0, 0.1) is 0 Å². The van der Waals surface area contributed by atoms with E-state index in [1.165, 1.54) is 17.8 Å². The smallest absolute Gasteiger partial charge is 0.294 e. The van der Waals surface area contributed by atoms with Crippen LogP contribution in [0.25, 0.3) is 6.08 Å². The molecule has 0 unspecified atom stereocenters. The molecule has 4 rings (SSSR count). The van der Waals surface area contributed by atoms with Crippen LogP contribution in [0.1, 0.15) is 5.76 Å². The summed E-state index contributed by atoms with van der Waals surface area (Å²) in [4.78, 5) is 39.3. The van der Waals surface area contributed by atoms with E-state index in [2.05, 4.69) is 5.32 Å². The van der Waals surface area contributed by atoms with Gasteiger partial charge >= 0.3 is 0 Å². The highest BCUT2D eigenvalue weighted by atomic mass is 35.5. The van der Waals surface area contributed by atoms with Crippen LogP contribution >= 0.6 is 46.7 Å². The molecule has 0 radical (unpaired) electrons. The first-order chi connectivity index (χ1) is 15.4. The zero-order chi connectivity index (χ0) is 22.7. The average molecular weight is 505 g/mol. The number of anilines is 1. The number of halogens is 2. The van der Waals surface area contributed by atoms with E-state index >= 15 is 0 Å². The van der Waals surface area contributed by atoms with Crippen molar-refractivity contribution in [3.63, 3.8) is 0 Å². The minimum Gasteiger partial charge on any atom is -0.450 e. The predicted molar refractivity (Wildman–Crippen MR) is 127 cm³/mol. The molecule has 0 spiro atoms. The fourth-order valence-electron chi connectivity index (χ4n) is 2.75. The first kappa shape index (κ1) is 22.5. The molecule has 0 saturated carbocycles. The summed E-state index contributed by atoms with van der Waals surface area (Å²) in [6.07, 6.45) is 1.49. The normalized spacial score (nSPS) is 14.9. The number of amides is 3. The Morgan fingerprint density at radius 2 is 1.81 bits per heavy atom. The van der Waals surface area contributed by atoms with Crippen LogP contribution < -0.4 is 5.32 Å². The summed E-state index contributed by atoms with van der Waals surface area (Å²) >= 11 is 14.1. The molecule has 1 aliphatic rings. The molecule has 2 aromatic carbocycles. The maximum atomic E-state index is 12.7. The van der Waals surface area contributed by atoms with Crippen LogP contribution in [0.3, 0.4) is 0 Å². The Balaban J connectivity index is 1.41. The fraction of sp³-hybridized carbons (Fsp3) is 0.0455. The Kier molecular flexibility index (Phi) is 6.95. The zero-order valence-corrected chi connectivity index (χ0v) is 19.4. The molecule has 0 bridgehead atoms. The number of imide groups is 1. The van der Waals surface area contributed by atoms with Gasteiger partial charge < -0.3 is 9.73 Å². The lowest BCUT2D eigenvalue weighted by atomic mass is 10.3. The van der Waals surface area contributed by atoms with Gasteiger partial charge in [-0.15, -0.1) is 0 Å². The highest BCUT2D eigenvalue weighted by Crippen LogP contribution is 2.34. The van der Waals surface area contributed by atoms with Gasteiger partial charge in [-0.2, -0.15) is 0 Å². The summed E-state index contributed by atoms with van der Waals surface area (Å²) in [5.74, 6) is -0.661. The van der Waals surface area contributed by atoms with Gasteiger partial charge in [0.15, 0.2) is 5.09 Å². The van der Waals surface area contributed by atoms with Crippen molar-refractivity contribution in [3.8, 4) is 0 Å². The Bertz CT molecular complexity index is 1220. The van der Waals surface area contributed by atoms with E-state index in [0.717, 1.165) is 21.6 Å². The van der Waals surface area contributed by atoms with Gasteiger partial charge in [-0.05, 0) is 60.3 Å². The van der Waals surface area contributed by atoms with Gasteiger partial charge in [0.05, 0.1) is 15.6 Å². The Hall–Kier alpha value is -2.65. The van der Waals surface area contributed by atoms with Crippen molar-refractivity contribution in [1.82, 2.24) is 4.90 Å². The SMILES string of the molecule is O=C(CN1C(=O)S/C(=C/c2ccc(Sc3ccc(Cl)cc3)o2)C1=O)Nc1ccccc1Cl. The molecule has 6 nitrogen and oxygen atoms in total. The van der Waals surface area contributed by atoms with Gasteiger partial charge in [0.1, 0.15) is 12.3 Å². The van der Waals surface area contributed by atoms with E-state index in [9.17, 15) is 14.4 Å². The van der Waals surface area contributed by atoms with Crippen molar-refractivity contribution < 1.29 is 18.8 Å². The maximum absolute atomic E-state index is 12.7. The molecule has 0 atom stereocenters. The summed E-state index contributed by atoms with van der Waals surface area (Å²) in [5, 5.41) is 3.70. The van der Waals surface area contributed by atoms with Crippen molar-refractivity contribution in [2.45, 2.75) is 9.99 Å². The molecule has 162 valence electrons. The Labute approximate surface area is 201 Å². The number of hydrogen-bond acceptors (Lipinski definition) is 6. The number of nitrogens with zero attached hydrogens (tertiary/aromatic N) is 1. The first-order valence-corrected chi connectivity index (χ1v) is 11.6. The van der Waals surface area contributed by atoms with Crippen LogP contribution in [-0.2, 0) is 9.59 Å². The summed E-state index contributed by atoms with van der Waals surface area (Å²) < 4.78 is 5.74. The molecule has 1 saturated heterocycles. The lowest BCUT2D eigenvalue weighted by Crippen LogP contribution is -2.36. The number of furan rings is 1. The number of thioether (sulfide) groups is 1. The summed E-state index contributed by atoms with van der Waals surface area (Å²) in [6.45, 7) is -0.414. The lowest BCUT2D eigenvalue weighted by molar-refractivity contribution is -0.127. The second-order valence-corrected chi connectivity index (χ2v) is 9.42. The second kappa shape index (κ2) is 9.87. The van der Waals surface area contributed by atoms with Crippen molar-refractivity contribution in [3.05, 3.63) is 81.4 Å². The number of para-hydroxylation sites is 1. The number of carbonyl (C=O) groups excluding carboxylic acids is 3. The molecular weight excluding hydrogens is 491 g/mol. The quantitative estimate of drug-likeness (QED) is 0.390. The highest BCUT2D eigenvalue weighted by Gasteiger charge is 2.36. The molecule has 1 aliphatic heterocycles. The van der Waals surface area contributed by atoms with E-state index in [4.69, 9.17) is 27.6 Å². The minimum absolute atomic E-state index is 0.179. The van der Waals surface area contributed by atoms with E-state index in [0.29, 0.717) is 26.6 Å². The third kappa shape index (κ3) is 5.39. The second-order valence-electron chi connectivity index (χ2n) is 6.51. The number of hydrogen-bond donors (Lipinski definition) is 1. The number of rotatable bonds is 6. The lowest BCUT2D eigenvalue weighted by Gasteiger charge is -2.13. The molecule has 0 aliphatic carbocycles. The molecule has 2 heterocycles. The summed E-state index contributed by atoms with van der Waals surface area (Å²) in [6, 6.07) is 17.5. The van der Waals surface area contributed by atoms with Crippen LogP contribution in [0.2, 0.25) is 10.0 Å². The monoisotopic (exact) mass is 504 g/mol. The third-order valence-electron chi connectivity index (χ3n) is 4.23. The molecule has 10 heteroatoms. The first-order valence-electron chi connectivity index (χ1n) is 9.22. The molecular formula is C22H14Cl2N2O4S2. The Morgan fingerprint density at radius 1 is 1.06 bits per heavy atom. The number of benzene rings is 2. The minimum atomic E-state index is -0.558. The van der Waals surface area contributed by atoms with Crippen molar-refractivity contribution in [2.75, 3.05) is 11.9 Å². The van der Waals surface area contributed by atoms with Crippen molar-refractivity contribution in [2.24, 2.45) is 0 Å². The van der Waals surface area contributed by atoms with E-state index in [1.54, 1.807) is 48.5 Å². The largest absolute Gasteiger partial charge is 0.450 e. The maximum Gasteiger partial charge on any atom is 0.294 e. The van der Waals surface area contributed by atoms with Crippen molar-refractivity contribution in [1.29, 1.82) is 0 Å². The van der Waals surface area contributed by atoms with Crippen LogP contribution in [0.4, 0.5) is 10.5 Å². The number of nitrogens with one attached hydrogen (secondary N) is 1. The summed E-state index contributed by atoms with van der Waals surface area (Å²) in [7, 11) is 0. The van der Waals surface area contributed by atoms with Gasteiger partial charge in [0.25, 0.3) is 11.1 Å². The molecule has 32 heavy (non-hydrogen) atoms. The highest BCUT2D eigenvalue weighted by molar-refractivity contribution is 8.18. The fourth-order valence-corrected chi connectivity index (χ4v) is 4.65. The topological polar surface area (TPSA) is 79.6 Å². The molecule has 1 N–H and O–H groups in total. The molecule has 3 amide bonds. The molecule has 1 fully saturated rings. The average Bonchev–Trinajstić information content (AvgIpc) is 3.31. The molecule has 3 aromatic rings. The standard InChI is InChI=1S/C22H14Cl2N2O4S2/c23-13-5-8-15(9-6-13)31-20-10-7-14(30-20)11-18-21(28)26(22(29)32-18)12-19(27)25-17-4-2-1-3-16(17)24/h1-11H,12H2,(H,25,27)/b18-11+. The van der Waals surface area contributed by atoms with E-state index in [-0.39, 0.29) is 4.91 Å². The van der Waals surface area contributed by atoms with Crippen LogP contribution in [0.5, 0.6) is 0 Å². The third-order valence-corrected chi connectivity index (χ3v) is 6.65.